The minimum atomic E-state index is -0.441. The van der Waals surface area contributed by atoms with E-state index < -0.39 is 6.10 Å². The molecule has 0 aliphatic heterocycles. The van der Waals surface area contributed by atoms with Crippen molar-refractivity contribution in [2.45, 2.75) is 33.0 Å². The lowest BCUT2D eigenvalue weighted by Crippen LogP contribution is -2.18. The molecule has 0 aliphatic carbocycles. The van der Waals surface area contributed by atoms with Crippen LogP contribution in [-0.4, -0.2) is 24.9 Å². The monoisotopic (exact) mass is 224 g/mol. The minimum absolute atomic E-state index is 0.0288. The van der Waals surface area contributed by atoms with Crippen molar-refractivity contribution in [1.82, 2.24) is 0 Å². The van der Waals surface area contributed by atoms with E-state index in [9.17, 15) is 5.11 Å². The Balaban J connectivity index is 2.75. The largest absolute Gasteiger partial charge is 0.488 e. The second kappa shape index (κ2) is 5.87. The van der Waals surface area contributed by atoms with E-state index in [0.29, 0.717) is 6.61 Å². The van der Waals surface area contributed by atoms with Crippen molar-refractivity contribution in [2.75, 3.05) is 13.7 Å². The zero-order valence-electron chi connectivity index (χ0n) is 10.4. The Hall–Kier alpha value is -1.06. The Kier molecular flexibility index (Phi) is 4.77. The average molecular weight is 224 g/mol. The van der Waals surface area contributed by atoms with Crippen LogP contribution in [0.3, 0.4) is 0 Å². The van der Waals surface area contributed by atoms with E-state index in [1.807, 2.05) is 32.0 Å². The fraction of sp³-hybridized carbons (Fsp3) is 0.538. The molecule has 1 aromatic carbocycles. The SMILES string of the molecule is COCC(C)Oc1ccc([C@H](C)O)cc1C. The van der Waals surface area contributed by atoms with Gasteiger partial charge >= 0.3 is 0 Å². The fourth-order valence-corrected chi connectivity index (χ4v) is 1.55. The van der Waals surface area contributed by atoms with Crippen LogP contribution >= 0.6 is 0 Å². The smallest absolute Gasteiger partial charge is 0.122 e. The van der Waals surface area contributed by atoms with Crippen molar-refractivity contribution in [3.63, 3.8) is 0 Å². The van der Waals surface area contributed by atoms with Crippen LogP contribution in [0.5, 0.6) is 5.75 Å². The van der Waals surface area contributed by atoms with Crippen molar-refractivity contribution < 1.29 is 14.6 Å². The second-order valence-electron chi connectivity index (χ2n) is 4.08. The van der Waals surface area contributed by atoms with Crippen molar-refractivity contribution >= 4 is 0 Å². The van der Waals surface area contributed by atoms with Crippen LogP contribution in [-0.2, 0) is 4.74 Å². The molecule has 1 N–H and O–H groups in total. The third kappa shape index (κ3) is 3.51. The molecule has 0 bridgehead atoms. The highest BCUT2D eigenvalue weighted by molar-refractivity contribution is 5.37. The molecule has 0 saturated carbocycles. The lowest BCUT2D eigenvalue weighted by molar-refractivity contribution is 0.0915. The lowest BCUT2D eigenvalue weighted by Gasteiger charge is -2.16. The second-order valence-corrected chi connectivity index (χ2v) is 4.08. The van der Waals surface area contributed by atoms with E-state index in [1.54, 1.807) is 14.0 Å². The number of aliphatic hydroxyl groups is 1. The van der Waals surface area contributed by atoms with Crippen molar-refractivity contribution in [1.29, 1.82) is 0 Å². The van der Waals surface area contributed by atoms with Crippen LogP contribution in [0.15, 0.2) is 18.2 Å². The summed E-state index contributed by atoms with van der Waals surface area (Å²) in [5, 5.41) is 9.44. The number of benzene rings is 1. The molecule has 0 saturated heterocycles. The normalized spacial score (nSPS) is 14.6. The average Bonchev–Trinajstić information content (AvgIpc) is 2.21. The van der Waals surface area contributed by atoms with Gasteiger partial charge in [0.25, 0.3) is 0 Å². The van der Waals surface area contributed by atoms with Crippen LogP contribution in [0.4, 0.5) is 0 Å². The van der Waals surface area contributed by atoms with Crippen molar-refractivity contribution in [3.8, 4) is 5.75 Å². The lowest BCUT2D eigenvalue weighted by atomic mass is 10.1. The van der Waals surface area contributed by atoms with E-state index in [0.717, 1.165) is 16.9 Å². The molecule has 3 heteroatoms. The van der Waals surface area contributed by atoms with Crippen LogP contribution in [0.1, 0.15) is 31.1 Å². The van der Waals surface area contributed by atoms with Crippen molar-refractivity contribution in [3.05, 3.63) is 29.3 Å². The number of methoxy groups -OCH3 is 1. The Morgan fingerprint density at radius 2 is 2.00 bits per heavy atom. The van der Waals surface area contributed by atoms with Gasteiger partial charge in [0.1, 0.15) is 11.9 Å². The highest BCUT2D eigenvalue weighted by Crippen LogP contribution is 2.23. The minimum Gasteiger partial charge on any atom is -0.488 e. The van der Waals surface area contributed by atoms with Gasteiger partial charge in [-0.05, 0) is 44.0 Å². The Morgan fingerprint density at radius 1 is 1.31 bits per heavy atom. The first kappa shape index (κ1) is 13.0. The summed E-state index contributed by atoms with van der Waals surface area (Å²) >= 11 is 0. The quantitative estimate of drug-likeness (QED) is 0.835. The number of aryl methyl sites for hydroxylation is 1. The first-order chi connectivity index (χ1) is 7.54. The van der Waals surface area contributed by atoms with Gasteiger partial charge in [0.05, 0.1) is 12.7 Å². The molecule has 1 unspecified atom stereocenters. The molecule has 2 atom stereocenters. The molecular weight excluding hydrogens is 204 g/mol. The van der Waals surface area contributed by atoms with Gasteiger partial charge in [0.15, 0.2) is 0 Å². The molecule has 0 fully saturated rings. The van der Waals surface area contributed by atoms with Gasteiger partial charge in [-0.25, -0.2) is 0 Å². The molecule has 90 valence electrons. The molecule has 0 aliphatic rings. The molecule has 0 aromatic heterocycles. The van der Waals surface area contributed by atoms with Gasteiger partial charge in [-0.1, -0.05) is 6.07 Å². The van der Waals surface area contributed by atoms with Gasteiger partial charge in [-0.3, -0.25) is 0 Å². The van der Waals surface area contributed by atoms with Gasteiger partial charge in [-0.2, -0.15) is 0 Å². The molecule has 1 rings (SSSR count). The van der Waals surface area contributed by atoms with Gasteiger partial charge < -0.3 is 14.6 Å². The Labute approximate surface area is 97.0 Å². The first-order valence-corrected chi connectivity index (χ1v) is 5.48. The molecular formula is C13H20O3. The third-order valence-electron chi connectivity index (χ3n) is 2.41. The van der Waals surface area contributed by atoms with E-state index >= 15 is 0 Å². The summed E-state index contributed by atoms with van der Waals surface area (Å²) in [6, 6.07) is 5.72. The van der Waals surface area contributed by atoms with Gasteiger partial charge in [0, 0.05) is 7.11 Å². The first-order valence-electron chi connectivity index (χ1n) is 5.48. The molecule has 3 nitrogen and oxygen atoms in total. The van der Waals surface area contributed by atoms with E-state index in [2.05, 4.69) is 0 Å². The molecule has 0 radical (unpaired) electrons. The maximum Gasteiger partial charge on any atom is 0.122 e. The number of rotatable bonds is 5. The highest BCUT2D eigenvalue weighted by atomic mass is 16.5. The molecule has 0 spiro atoms. The fourth-order valence-electron chi connectivity index (χ4n) is 1.55. The number of hydrogen-bond donors (Lipinski definition) is 1. The van der Waals surface area contributed by atoms with E-state index in [4.69, 9.17) is 9.47 Å². The maximum absolute atomic E-state index is 9.44. The summed E-state index contributed by atoms with van der Waals surface area (Å²) in [7, 11) is 1.66. The van der Waals surface area contributed by atoms with Crippen LogP contribution in [0, 0.1) is 6.92 Å². The standard InChI is InChI=1S/C13H20O3/c1-9-7-12(11(3)14)5-6-13(9)16-10(2)8-15-4/h5-7,10-11,14H,8H2,1-4H3/t10?,11-/m0/s1. The summed E-state index contributed by atoms with van der Waals surface area (Å²) in [5.41, 5.74) is 1.94. The summed E-state index contributed by atoms with van der Waals surface area (Å²) in [6.07, 6.45) is -0.412. The summed E-state index contributed by atoms with van der Waals surface area (Å²) in [4.78, 5) is 0. The maximum atomic E-state index is 9.44. The van der Waals surface area contributed by atoms with Crippen LogP contribution < -0.4 is 4.74 Å². The third-order valence-corrected chi connectivity index (χ3v) is 2.41. The molecule has 0 heterocycles. The number of aliphatic hydroxyl groups excluding tert-OH is 1. The summed E-state index contributed by atoms with van der Waals surface area (Å²) in [5.74, 6) is 0.842. The number of hydrogen-bond acceptors (Lipinski definition) is 3. The topological polar surface area (TPSA) is 38.7 Å². The predicted molar refractivity (Wildman–Crippen MR) is 63.8 cm³/mol. The zero-order valence-corrected chi connectivity index (χ0v) is 10.4. The predicted octanol–water partition coefficient (Wildman–Crippen LogP) is 2.46. The van der Waals surface area contributed by atoms with Crippen LogP contribution in [0.2, 0.25) is 0 Å². The van der Waals surface area contributed by atoms with E-state index in [-0.39, 0.29) is 6.10 Å². The highest BCUT2D eigenvalue weighted by Gasteiger charge is 2.08. The van der Waals surface area contributed by atoms with Gasteiger partial charge in [-0.15, -0.1) is 0 Å². The molecule has 0 amide bonds. The summed E-state index contributed by atoms with van der Waals surface area (Å²) < 4.78 is 10.7. The Morgan fingerprint density at radius 3 is 2.50 bits per heavy atom. The van der Waals surface area contributed by atoms with E-state index in [1.165, 1.54) is 0 Å². The molecule has 16 heavy (non-hydrogen) atoms. The number of ether oxygens (including phenoxy) is 2. The van der Waals surface area contributed by atoms with Gasteiger partial charge in [0.2, 0.25) is 0 Å². The van der Waals surface area contributed by atoms with Crippen molar-refractivity contribution in [2.24, 2.45) is 0 Å². The molecule has 1 aromatic rings. The van der Waals surface area contributed by atoms with Crippen LogP contribution in [0.25, 0.3) is 0 Å². The zero-order chi connectivity index (χ0) is 12.1. The Bertz CT molecular complexity index is 334. The summed E-state index contributed by atoms with van der Waals surface area (Å²) in [6.45, 7) is 6.26.